The van der Waals surface area contributed by atoms with Gasteiger partial charge in [-0.1, -0.05) is 0 Å². The number of hydrogen-bond acceptors (Lipinski definition) is 13. The standard InChI is InChI=1S/C15H28O11S2/c16-1-5(27)4-28-15-12(23)10(21)13(7(3-18)25-15)26-14-11(22)9(20)8(19)6(2-17)24-14/h5-23,27H,1-4H2/t5?,6-,7-,8-,9+,10-,11-,12-,13-,14-,15+/m1/s1. The molecule has 13 heteroatoms. The molecule has 0 aromatic carbocycles. The van der Waals surface area contributed by atoms with E-state index in [1.54, 1.807) is 0 Å². The maximum atomic E-state index is 10.4. The van der Waals surface area contributed by atoms with Gasteiger partial charge in [-0.2, -0.15) is 12.6 Å². The molecule has 0 aromatic rings. The van der Waals surface area contributed by atoms with Gasteiger partial charge < -0.3 is 55.1 Å². The van der Waals surface area contributed by atoms with Gasteiger partial charge in [0.2, 0.25) is 0 Å². The summed E-state index contributed by atoms with van der Waals surface area (Å²) in [6.45, 7) is -1.43. The van der Waals surface area contributed by atoms with E-state index in [1.165, 1.54) is 0 Å². The first-order valence-corrected chi connectivity index (χ1v) is 10.3. The van der Waals surface area contributed by atoms with Crippen molar-refractivity contribution in [2.24, 2.45) is 0 Å². The normalized spacial score (nSPS) is 45.8. The molecule has 11 atom stereocenters. The zero-order valence-electron chi connectivity index (χ0n) is 14.8. The van der Waals surface area contributed by atoms with Crippen molar-refractivity contribution >= 4 is 24.4 Å². The van der Waals surface area contributed by atoms with Crippen molar-refractivity contribution in [1.82, 2.24) is 0 Å². The molecular formula is C15H28O11S2. The highest BCUT2D eigenvalue weighted by Crippen LogP contribution is 2.33. The van der Waals surface area contributed by atoms with E-state index >= 15 is 0 Å². The van der Waals surface area contributed by atoms with Crippen LogP contribution in [0.4, 0.5) is 0 Å². The molecule has 8 N–H and O–H groups in total. The lowest BCUT2D eigenvalue weighted by Gasteiger charge is -2.46. The second-order valence-corrected chi connectivity index (χ2v) is 8.54. The van der Waals surface area contributed by atoms with Crippen LogP contribution in [0.1, 0.15) is 0 Å². The highest BCUT2D eigenvalue weighted by Gasteiger charge is 2.50. The van der Waals surface area contributed by atoms with Crippen LogP contribution in [0.5, 0.6) is 0 Å². The van der Waals surface area contributed by atoms with Crippen molar-refractivity contribution in [3.8, 4) is 0 Å². The van der Waals surface area contributed by atoms with Gasteiger partial charge in [0.15, 0.2) is 6.29 Å². The van der Waals surface area contributed by atoms with Crippen LogP contribution in [0.3, 0.4) is 0 Å². The van der Waals surface area contributed by atoms with Gasteiger partial charge in [-0.05, 0) is 0 Å². The largest absolute Gasteiger partial charge is 0.395 e. The molecule has 2 heterocycles. The fraction of sp³-hybridized carbons (Fsp3) is 1.00. The fourth-order valence-corrected chi connectivity index (χ4v) is 4.31. The molecule has 166 valence electrons. The predicted octanol–water partition coefficient (Wildman–Crippen LogP) is -4.37. The zero-order valence-corrected chi connectivity index (χ0v) is 16.5. The predicted molar refractivity (Wildman–Crippen MR) is 98.7 cm³/mol. The Balaban J connectivity index is 2.06. The molecule has 0 saturated carbocycles. The van der Waals surface area contributed by atoms with Gasteiger partial charge in [-0.25, -0.2) is 0 Å². The SMILES string of the molecule is OCC(S)CS[C@@H]1O[C@H](CO)[C@@H](O[C@H]2O[C@H](CO)[C@@H](O)[C@H](O)[C@H]2O)[C@H](O)[C@H]1O. The molecule has 2 saturated heterocycles. The third kappa shape index (κ3) is 5.49. The number of ether oxygens (including phenoxy) is 3. The topological polar surface area (TPSA) is 190 Å². The molecule has 28 heavy (non-hydrogen) atoms. The number of aliphatic hydroxyl groups is 8. The Morgan fingerprint density at radius 3 is 2.04 bits per heavy atom. The molecule has 0 bridgehead atoms. The summed E-state index contributed by atoms with van der Waals surface area (Å²) in [5, 5.41) is 77.9. The van der Waals surface area contributed by atoms with Crippen LogP contribution in [0.25, 0.3) is 0 Å². The summed E-state index contributed by atoms with van der Waals surface area (Å²) in [6.07, 6.45) is -13.1. The van der Waals surface area contributed by atoms with Gasteiger partial charge in [0.25, 0.3) is 0 Å². The van der Waals surface area contributed by atoms with Gasteiger partial charge in [0.1, 0.15) is 54.3 Å². The lowest BCUT2D eigenvalue weighted by Crippen LogP contribution is -2.64. The number of rotatable bonds is 8. The molecule has 2 fully saturated rings. The summed E-state index contributed by atoms with van der Waals surface area (Å²) >= 11 is 5.21. The van der Waals surface area contributed by atoms with Crippen molar-refractivity contribution in [1.29, 1.82) is 0 Å². The lowest BCUT2D eigenvalue weighted by molar-refractivity contribution is -0.338. The number of thioether (sulfide) groups is 1. The van der Waals surface area contributed by atoms with E-state index in [2.05, 4.69) is 12.6 Å². The molecule has 0 amide bonds. The van der Waals surface area contributed by atoms with Crippen LogP contribution in [0.15, 0.2) is 0 Å². The van der Waals surface area contributed by atoms with E-state index in [-0.39, 0.29) is 11.9 Å². The Morgan fingerprint density at radius 2 is 1.46 bits per heavy atom. The van der Waals surface area contributed by atoms with E-state index in [1.807, 2.05) is 0 Å². The summed E-state index contributed by atoms with van der Waals surface area (Å²) < 4.78 is 16.3. The van der Waals surface area contributed by atoms with Gasteiger partial charge in [0, 0.05) is 11.0 Å². The van der Waals surface area contributed by atoms with E-state index in [0.717, 1.165) is 11.8 Å². The minimum Gasteiger partial charge on any atom is -0.395 e. The Kier molecular flexibility index (Phi) is 9.67. The van der Waals surface area contributed by atoms with Crippen molar-refractivity contribution in [3.63, 3.8) is 0 Å². The van der Waals surface area contributed by atoms with E-state index in [9.17, 15) is 35.7 Å². The number of hydrogen-bond donors (Lipinski definition) is 9. The lowest BCUT2D eigenvalue weighted by atomic mass is 9.97. The summed E-state index contributed by atoms with van der Waals surface area (Å²) in [4.78, 5) is 0. The number of thiol groups is 1. The third-order valence-electron chi connectivity index (χ3n) is 4.62. The Morgan fingerprint density at radius 1 is 0.821 bits per heavy atom. The first kappa shape index (κ1) is 24.5. The molecule has 0 spiro atoms. The first-order valence-electron chi connectivity index (χ1n) is 8.74. The third-order valence-corrected chi connectivity index (χ3v) is 6.53. The highest BCUT2D eigenvalue weighted by molar-refractivity contribution is 8.00. The van der Waals surface area contributed by atoms with Crippen molar-refractivity contribution < 1.29 is 55.1 Å². The van der Waals surface area contributed by atoms with Crippen LogP contribution >= 0.6 is 24.4 Å². The van der Waals surface area contributed by atoms with Crippen molar-refractivity contribution in [2.75, 3.05) is 25.6 Å². The van der Waals surface area contributed by atoms with E-state index < -0.39 is 73.8 Å². The van der Waals surface area contributed by atoms with Gasteiger partial charge in [0.05, 0.1) is 19.8 Å². The molecule has 1 unspecified atom stereocenters. The molecular weight excluding hydrogens is 420 g/mol. The monoisotopic (exact) mass is 448 g/mol. The van der Waals surface area contributed by atoms with E-state index in [0.29, 0.717) is 5.75 Å². The smallest absolute Gasteiger partial charge is 0.187 e. The zero-order chi connectivity index (χ0) is 21.0. The highest BCUT2D eigenvalue weighted by atomic mass is 32.2. The fourth-order valence-electron chi connectivity index (χ4n) is 2.95. The quantitative estimate of drug-likeness (QED) is 0.162. The Hall–Kier alpha value is 0.260. The minimum absolute atomic E-state index is 0.187. The maximum Gasteiger partial charge on any atom is 0.187 e. The average Bonchev–Trinajstić information content (AvgIpc) is 2.70. The molecule has 0 aliphatic carbocycles. The van der Waals surface area contributed by atoms with Crippen molar-refractivity contribution in [3.05, 3.63) is 0 Å². The summed E-state index contributed by atoms with van der Waals surface area (Å²) in [7, 11) is 0. The van der Waals surface area contributed by atoms with Crippen LogP contribution in [-0.4, -0.2) is 132 Å². The minimum atomic E-state index is -1.71. The Labute approximate surface area is 171 Å². The van der Waals surface area contributed by atoms with Gasteiger partial charge in [-0.15, -0.1) is 11.8 Å². The van der Waals surface area contributed by atoms with Crippen LogP contribution in [0, 0.1) is 0 Å². The van der Waals surface area contributed by atoms with Gasteiger partial charge in [-0.3, -0.25) is 0 Å². The molecule has 2 aliphatic rings. The number of aliphatic hydroxyl groups excluding tert-OH is 8. The Bertz CT molecular complexity index is 471. The summed E-state index contributed by atoms with van der Waals surface area (Å²) in [5.41, 5.74) is -0.928. The molecule has 0 radical (unpaired) electrons. The van der Waals surface area contributed by atoms with Crippen molar-refractivity contribution in [2.45, 2.75) is 65.8 Å². The second kappa shape index (κ2) is 11.0. The van der Waals surface area contributed by atoms with Gasteiger partial charge >= 0.3 is 0 Å². The van der Waals surface area contributed by atoms with E-state index in [4.69, 9.17) is 19.3 Å². The van der Waals surface area contributed by atoms with Crippen LogP contribution < -0.4 is 0 Å². The average molecular weight is 449 g/mol. The summed E-state index contributed by atoms with van der Waals surface area (Å²) in [6, 6.07) is 0. The molecule has 11 nitrogen and oxygen atoms in total. The van der Waals surface area contributed by atoms with Crippen LogP contribution in [0.2, 0.25) is 0 Å². The molecule has 0 aromatic heterocycles. The second-order valence-electron chi connectivity index (χ2n) is 6.67. The molecule has 2 rings (SSSR count). The first-order chi connectivity index (χ1) is 13.2. The maximum absolute atomic E-state index is 10.4. The summed E-state index contributed by atoms with van der Waals surface area (Å²) in [5.74, 6) is 0.310. The van der Waals surface area contributed by atoms with Crippen LogP contribution in [-0.2, 0) is 14.2 Å². The molecule has 2 aliphatic heterocycles.